The normalized spacial score (nSPS) is 10.0. The predicted molar refractivity (Wildman–Crippen MR) is 99.7 cm³/mol. The minimum atomic E-state index is -0.378. The van der Waals surface area contributed by atoms with E-state index in [-0.39, 0.29) is 12.6 Å². The van der Waals surface area contributed by atoms with Crippen LogP contribution in [0, 0.1) is 18.8 Å². The number of carbonyl (C=O) groups excluding carboxylic acids is 1. The number of benzene rings is 2. The highest BCUT2D eigenvalue weighted by molar-refractivity contribution is 7.99. The molecule has 0 aliphatic rings. The van der Waals surface area contributed by atoms with Crippen molar-refractivity contribution in [2.75, 3.05) is 12.4 Å². The van der Waals surface area contributed by atoms with Crippen molar-refractivity contribution in [1.29, 1.82) is 0 Å². The zero-order valence-electron chi connectivity index (χ0n) is 14.1. The molecule has 0 N–H and O–H groups in total. The predicted octanol–water partition coefficient (Wildman–Crippen LogP) is 4.00. The molecule has 0 unspecified atom stereocenters. The quantitative estimate of drug-likeness (QED) is 0.387. The Kier molecular flexibility index (Phi) is 6.07. The van der Waals surface area contributed by atoms with Gasteiger partial charge in [0.05, 0.1) is 11.3 Å². The molecule has 26 heavy (non-hydrogen) atoms. The number of rotatable bonds is 5. The summed E-state index contributed by atoms with van der Waals surface area (Å²) in [6.45, 7) is 2.01. The van der Waals surface area contributed by atoms with Gasteiger partial charge in [-0.3, -0.25) is 0 Å². The number of carbonyl (C=O) groups is 1. The fourth-order valence-electron chi connectivity index (χ4n) is 2.04. The monoisotopic (exact) mass is 364 g/mol. The van der Waals surface area contributed by atoms with Crippen LogP contribution < -0.4 is 0 Å². The molecule has 0 saturated heterocycles. The highest BCUT2D eigenvalue weighted by Gasteiger charge is 2.08. The summed E-state index contributed by atoms with van der Waals surface area (Å²) in [6.07, 6.45) is 0. The highest BCUT2D eigenvalue weighted by Crippen LogP contribution is 2.22. The second kappa shape index (κ2) is 8.88. The Hall–Kier alpha value is -3.04. The fraction of sp³-hybridized carbons (Fsp3) is 0.150. The number of hydrogen-bond acceptors (Lipinski definition) is 6. The van der Waals surface area contributed by atoms with Crippen LogP contribution >= 0.6 is 11.8 Å². The Morgan fingerprint density at radius 3 is 2.62 bits per heavy atom. The lowest BCUT2D eigenvalue weighted by Gasteiger charge is -2.00. The maximum Gasteiger partial charge on any atom is 0.339 e. The molecule has 130 valence electrons. The van der Waals surface area contributed by atoms with Crippen molar-refractivity contribution in [2.45, 2.75) is 12.1 Å². The molecule has 3 aromatic rings. The lowest BCUT2D eigenvalue weighted by Crippen LogP contribution is -2.05. The minimum absolute atomic E-state index is 0.0480. The third-order valence-electron chi connectivity index (χ3n) is 3.38. The Balaban J connectivity index is 1.42. The molecular weight excluding hydrogens is 348 g/mol. The van der Waals surface area contributed by atoms with Gasteiger partial charge in [0, 0.05) is 5.56 Å². The van der Waals surface area contributed by atoms with Gasteiger partial charge >= 0.3 is 5.97 Å². The number of aryl methyl sites for hydroxylation is 1. The van der Waals surface area contributed by atoms with Crippen LogP contribution in [0.2, 0.25) is 0 Å². The van der Waals surface area contributed by atoms with E-state index in [2.05, 4.69) is 22.0 Å². The summed E-state index contributed by atoms with van der Waals surface area (Å²) in [5.41, 5.74) is 2.49. The van der Waals surface area contributed by atoms with Gasteiger partial charge in [0.1, 0.15) is 0 Å². The van der Waals surface area contributed by atoms with Crippen molar-refractivity contribution < 1.29 is 13.9 Å². The Morgan fingerprint density at radius 1 is 1.08 bits per heavy atom. The van der Waals surface area contributed by atoms with Crippen LogP contribution in [-0.2, 0) is 4.74 Å². The van der Waals surface area contributed by atoms with Crippen molar-refractivity contribution >= 4 is 17.7 Å². The van der Waals surface area contributed by atoms with E-state index in [1.807, 2.05) is 49.4 Å². The van der Waals surface area contributed by atoms with Crippen LogP contribution in [0.3, 0.4) is 0 Å². The lowest BCUT2D eigenvalue weighted by molar-refractivity contribution is 0.0556. The zero-order chi connectivity index (χ0) is 18.2. The smallest absolute Gasteiger partial charge is 0.339 e. The topological polar surface area (TPSA) is 65.2 Å². The SMILES string of the molecule is Cc1ccc(C(=O)OCC#CCSc2nnc(-c3ccccc3)o2)cc1. The summed E-state index contributed by atoms with van der Waals surface area (Å²) in [5.74, 6) is 6.28. The molecule has 3 rings (SSSR count). The van der Waals surface area contributed by atoms with E-state index in [4.69, 9.17) is 9.15 Å². The van der Waals surface area contributed by atoms with Crippen molar-refractivity contribution in [3.8, 4) is 23.3 Å². The first kappa shape index (κ1) is 17.8. The third kappa shape index (κ3) is 4.98. The minimum Gasteiger partial charge on any atom is -0.449 e. The first-order valence-electron chi connectivity index (χ1n) is 7.93. The molecule has 0 aliphatic carbocycles. The number of esters is 1. The van der Waals surface area contributed by atoms with Gasteiger partial charge in [0.25, 0.3) is 5.22 Å². The zero-order valence-corrected chi connectivity index (χ0v) is 15.0. The summed E-state index contributed by atoms with van der Waals surface area (Å²) in [7, 11) is 0. The third-order valence-corrected chi connectivity index (χ3v) is 4.08. The van der Waals surface area contributed by atoms with E-state index in [1.165, 1.54) is 11.8 Å². The number of nitrogens with zero attached hydrogens (tertiary/aromatic N) is 2. The molecule has 1 aromatic heterocycles. The van der Waals surface area contributed by atoms with E-state index >= 15 is 0 Å². The van der Waals surface area contributed by atoms with Gasteiger partial charge in [0.15, 0.2) is 6.61 Å². The molecule has 1 heterocycles. The van der Waals surface area contributed by atoms with Crippen LogP contribution in [0.15, 0.2) is 64.2 Å². The molecule has 0 aliphatic heterocycles. The molecule has 6 heteroatoms. The molecule has 0 fully saturated rings. The maximum absolute atomic E-state index is 11.8. The lowest BCUT2D eigenvalue weighted by atomic mass is 10.1. The molecular formula is C20H16N2O3S. The Labute approximate surface area is 155 Å². The molecule has 0 radical (unpaired) electrons. The van der Waals surface area contributed by atoms with E-state index in [1.54, 1.807) is 12.1 Å². The number of ether oxygens (including phenoxy) is 1. The molecule has 5 nitrogen and oxygen atoms in total. The summed E-state index contributed by atoms with van der Waals surface area (Å²) in [4.78, 5) is 11.8. The van der Waals surface area contributed by atoms with Crippen LogP contribution in [0.4, 0.5) is 0 Å². The second-order valence-electron chi connectivity index (χ2n) is 5.32. The largest absolute Gasteiger partial charge is 0.449 e. The molecule has 0 atom stereocenters. The van der Waals surface area contributed by atoms with Crippen molar-refractivity contribution in [2.24, 2.45) is 0 Å². The van der Waals surface area contributed by atoms with Gasteiger partial charge in [0.2, 0.25) is 5.89 Å². The highest BCUT2D eigenvalue weighted by atomic mass is 32.2. The molecule has 0 amide bonds. The van der Waals surface area contributed by atoms with E-state index < -0.39 is 0 Å². The van der Waals surface area contributed by atoms with E-state index in [0.717, 1.165) is 11.1 Å². The summed E-state index contributed by atoms with van der Waals surface area (Å²) in [5, 5.41) is 8.44. The number of thioether (sulfide) groups is 1. The van der Waals surface area contributed by atoms with Gasteiger partial charge in [-0.15, -0.1) is 10.2 Å². The maximum atomic E-state index is 11.8. The van der Waals surface area contributed by atoms with Crippen LogP contribution in [0.1, 0.15) is 15.9 Å². The van der Waals surface area contributed by atoms with Gasteiger partial charge < -0.3 is 9.15 Å². The molecule has 0 spiro atoms. The molecule has 0 saturated carbocycles. The van der Waals surface area contributed by atoms with Gasteiger partial charge in [-0.2, -0.15) is 0 Å². The Bertz CT molecular complexity index is 925. The van der Waals surface area contributed by atoms with Gasteiger partial charge in [-0.05, 0) is 31.2 Å². The molecule has 2 aromatic carbocycles. The first-order valence-corrected chi connectivity index (χ1v) is 8.92. The fourth-order valence-corrected chi connectivity index (χ4v) is 2.57. The van der Waals surface area contributed by atoms with Crippen molar-refractivity contribution in [1.82, 2.24) is 10.2 Å². The van der Waals surface area contributed by atoms with Crippen molar-refractivity contribution in [3.63, 3.8) is 0 Å². The van der Waals surface area contributed by atoms with Crippen LogP contribution in [0.25, 0.3) is 11.5 Å². The molecule has 0 bridgehead atoms. The first-order chi connectivity index (χ1) is 12.7. The summed E-state index contributed by atoms with van der Waals surface area (Å²) >= 11 is 1.34. The average Bonchev–Trinajstić information content (AvgIpc) is 3.14. The second-order valence-corrected chi connectivity index (χ2v) is 6.25. The summed E-state index contributed by atoms with van der Waals surface area (Å²) < 4.78 is 10.7. The van der Waals surface area contributed by atoms with E-state index in [0.29, 0.717) is 22.4 Å². The van der Waals surface area contributed by atoms with Crippen LogP contribution in [0.5, 0.6) is 0 Å². The number of hydrogen-bond donors (Lipinski definition) is 0. The number of aromatic nitrogens is 2. The van der Waals surface area contributed by atoms with Crippen LogP contribution in [-0.4, -0.2) is 28.5 Å². The standard InChI is InChI=1S/C20H16N2O3S/c1-15-9-11-17(12-10-15)19(23)24-13-5-6-14-26-20-22-21-18(25-20)16-7-3-2-4-8-16/h2-4,7-12H,13-14H2,1H3. The van der Waals surface area contributed by atoms with Crippen molar-refractivity contribution in [3.05, 3.63) is 65.7 Å². The van der Waals surface area contributed by atoms with Gasteiger partial charge in [-0.1, -0.05) is 59.5 Å². The van der Waals surface area contributed by atoms with Gasteiger partial charge in [-0.25, -0.2) is 4.79 Å². The summed E-state index contributed by atoms with van der Waals surface area (Å²) in [6, 6.07) is 16.8. The van der Waals surface area contributed by atoms with E-state index in [9.17, 15) is 4.79 Å². The Morgan fingerprint density at radius 2 is 1.85 bits per heavy atom. The average molecular weight is 364 g/mol.